The molecule has 0 radical (unpaired) electrons. The third-order valence-electron chi connectivity index (χ3n) is 4.66. The molecule has 0 aliphatic carbocycles. The number of para-hydroxylation sites is 1. The first-order chi connectivity index (χ1) is 11.2. The molecule has 2 aliphatic rings. The highest BCUT2D eigenvalue weighted by Crippen LogP contribution is 2.22. The first-order valence-electron chi connectivity index (χ1n) is 8.19. The number of benzene rings is 1. The summed E-state index contributed by atoms with van der Waals surface area (Å²) in [5, 5.41) is 12.4. The number of carbonyl (C=O) groups is 1. The summed E-state index contributed by atoms with van der Waals surface area (Å²) in [6.45, 7) is 3.39. The fourth-order valence-electron chi connectivity index (χ4n) is 3.39. The number of nitrogens with zero attached hydrogens (tertiary/aromatic N) is 2. The largest absolute Gasteiger partial charge is 0.492 e. The Morgan fingerprint density at radius 1 is 1.43 bits per heavy atom. The van der Waals surface area contributed by atoms with E-state index in [0.717, 1.165) is 37.4 Å². The number of likely N-dealkylation sites (N-methyl/N-ethyl adjacent to an activating group) is 1. The second-order valence-electron chi connectivity index (χ2n) is 6.44. The topological polar surface area (TPSA) is 65.0 Å². The smallest absolute Gasteiger partial charge is 0.234 e. The summed E-state index contributed by atoms with van der Waals surface area (Å²) < 4.78 is 5.73. The highest BCUT2D eigenvalue weighted by molar-refractivity contribution is 5.78. The molecular weight excluding hydrogens is 294 g/mol. The van der Waals surface area contributed by atoms with E-state index in [1.807, 2.05) is 31.3 Å². The molecule has 1 aromatic rings. The lowest BCUT2D eigenvalue weighted by molar-refractivity contribution is -0.123. The molecule has 1 fully saturated rings. The van der Waals surface area contributed by atoms with Crippen molar-refractivity contribution in [1.82, 2.24) is 15.1 Å². The normalized spacial score (nSPS) is 25.5. The number of fused-ring (bicyclic) bond motifs is 1. The Morgan fingerprint density at radius 3 is 3.04 bits per heavy atom. The number of hydrogen-bond acceptors (Lipinski definition) is 5. The van der Waals surface area contributed by atoms with Crippen molar-refractivity contribution >= 4 is 5.91 Å². The molecule has 1 saturated heterocycles. The quantitative estimate of drug-likeness (QED) is 0.822. The van der Waals surface area contributed by atoms with Crippen LogP contribution in [-0.2, 0) is 11.3 Å². The van der Waals surface area contributed by atoms with Crippen molar-refractivity contribution in [2.75, 3.05) is 39.9 Å². The van der Waals surface area contributed by atoms with Crippen molar-refractivity contribution in [2.45, 2.75) is 25.0 Å². The molecule has 2 heterocycles. The fourth-order valence-corrected chi connectivity index (χ4v) is 3.39. The van der Waals surface area contributed by atoms with E-state index in [2.05, 4.69) is 15.1 Å². The Hall–Kier alpha value is -1.63. The summed E-state index contributed by atoms with van der Waals surface area (Å²) in [5.74, 6) is 0.958. The van der Waals surface area contributed by atoms with E-state index >= 15 is 0 Å². The monoisotopic (exact) mass is 319 g/mol. The molecular formula is C17H25N3O3. The van der Waals surface area contributed by atoms with E-state index in [9.17, 15) is 9.90 Å². The van der Waals surface area contributed by atoms with Crippen LogP contribution in [0.3, 0.4) is 0 Å². The Bertz CT molecular complexity index is 552. The van der Waals surface area contributed by atoms with Gasteiger partial charge in [-0.25, -0.2) is 0 Å². The minimum atomic E-state index is 0.0429. The Balaban J connectivity index is 1.52. The predicted molar refractivity (Wildman–Crippen MR) is 87.3 cm³/mol. The molecule has 23 heavy (non-hydrogen) atoms. The number of likely N-dealkylation sites (tertiary alicyclic amines) is 1. The number of aliphatic hydroxyl groups is 1. The highest BCUT2D eigenvalue weighted by Gasteiger charge is 2.30. The second-order valence-corrected chi connectivity index (χ2v) is 6.44. The van der Waals surface area contributed by atoms with E-state index in [-0.39, 0.29) is 24.6 Å². The van der Waals surface area contributed by atoms with Gasteiger partial charge >= 0.3 is 0 Å². The van der Waals surface area contributed by atoms with Crippen LogP contribution in [0.15, 0.2) is 24.3 Å². The van der Waals surface area contributed by atoms with E-state index in [1.165, 1.54) is 0 Å². The van der Waals surface area contributed by atoms with Gasteiger partial charge in [-0.1, -0.05) is 18.2 Å². The maximum absolute atomic E-state index is 12.3. The van der Waals surface area contributed by atoms with Crippen LogP contribution in [-0.4, -0.2) is 72.8 Å². The van der Waals surface area contributed by atoms with Gasteiger partial charge in [-0.3, -0.25) is 14.6 Å². The van der Waals surface area contributed by atoms with Gasteiger partial charge in [0.25, 0.3) is 0 Å². The van der Waals surface area contributed by atoms with Crippen LogP contribution < -0.4 is 10.1 Å². The van der Waals surface area contributed by atoms with Crippen LogP contribution >= 0.6 is 0 Å². The maximum Gasteiger partial charge on any atom is 0.234 e. The van der Waals surface area contributed by atoms with Crippen molar-refractivity contribution < 1.29 is 14.6 Å². The summed E-state index contributed by atoms with van der Waals surface area (Å²) in [6.07, 6.45) is 0.810. The average molecular weight is 319 g/mol. The summed E-state index contributed by atoms with van der Waals surface area (Å²) in [6, 6.07) is 8.26. The van der Waals surface area contributed by atoms with Crippen LogP contribution in [0, 0.1) is 0 Å². The van der Waals surface area contributed by atoms with Crippen LogP contribution in [0.5, 0.6) is 5.75 Å². The first-order valence-corrected chi connectivity index (χ1v) is 8.19. The zero-order valence-corrected chi connectivity index (χ0v) is 13.6. The molecule has 6 nitrogen and oxygen atoms in total. The van der Waals surface area contributed by atoms with Crippen LogP contribution in [0.4, 0.5) is 0 Å². The number of amides is 1. The standard InChI is InChI=1S/C17H25N3O3/c1-19-10-14(8-15(19)12-21)18-17(22)11-20-6-7-23-16-5-3-2-4-13(16)9-20/h2-5,14-15,21H,6-12H2,1H3,(H,18,22)/t14-,15+/m1/s1. The van der Waals surface area contributed by atoms with Crippen molar-refractivity contribution in [1.29, 1.82) is 0 Å². The number of rotatable bonds is 4. The lowest BCUT2D eigenvalue weighted by Gasteiger charge is -2.20. The van der Waals surface area contributed by atoms with Crippen LogP contribution in [0.25, 0.3) is 0 Å². The van der Waals surface area contributed by atoms with Gasteiger partial charge in [0.05, 0.1) is 13.2 Å². The number of carbonyl (C=O) groups excluding carboxylic acids is 1. The zero-order valence-electron chi connectivity index (χ0n) is 13.6. The van der Waals surface area contributed by atoms with Gasteiger partial charge < -0.3 is 15.2 Å². The van der Waals surface area contributed by atoms with Gasteiger partial charge in [-0.15, -0.1) is 0 Å². The number of hydrogen-bond donors (Lipinski definition) is 2. The van der Waals surface area contributed by atoms with Crippen molar-refractivity contribution in [2.24, 2.45) is 0 Å². The molecule has 0 aromatic heterocycles. The molecule has 2 aliphatic heterocycles. The summed E-state index contributed by atoms with van der Waals surface area (Å²) >= 11 is 0. The van der Waals surface area contributed by atoms with Crippen molar-refractivity contribution in [3.05, 3.63) is 29.8 Å². The Morgan fingerprint density at radius 2 is 2.26 bits per heavy atom. The number of ether oxygens (including phenoxy) is 1. The maximum atomic E-state index is 12.3. The van der Waals surface area contributed by atoms with Gasteiger partial charge in [0, 0.05) is 37.3 Å². The number of aliphatic hydroxyl groups excluding tert-OH is 1. The zero-order chi connectivity index (χ0) is 16.2. The number of nitrogens with one attached hydrogen (secondary N) is 1. The molecule has 1 amide bonds. The molecule has 6 heteroatoms. The first kappa shape index (κ1) is 16.2. The predicted octanol–water partition coefficient (Wildman–Crippen LogP) is 0.0622. The van der Waals surface area contributed by atoms with Gasteiger partial charge in [0.15, 0.2) is 0 Å². The lowest BCUT2D eigenvalue weighted by Crippen LogP contribution is -2.43. The molecule has 1 aromatic carbocycles. The molecule has 0 spiro atoms. The van der Waals surface area contributed by atoms with Crippen LogP contribution in [0.2, 0.25) is 0 Å². The molecule has 2 N–H and O–H groups in total. The van der Waals surface area contributed by atoms with Gasteiger partial charge in [0.1, 0.15) is 12.4 Å². The Labute approximate surface area is 137 Å². The van der Waals surface area contributed by atoms with E-state index in [1.54, 1.807) is 0 Å². The third-order valence-corrected chi connectivity index (χ3v) is 4.66. The lowest BCUT2D eigenvalue weighted by atomic mass is 10.2. The molecule has 0 bridgehead atoms. The van der Waals surface area contributed by atoms with Crippen molar-refractivity contribution in [3.8, 4) is 5.75 Å². The van der Waals surface area contributed by atoms with E-state index < -0.39 is 0 Å². The molecule has 0 unspecified atom stereocenters. The average Bonchev–Trinajstić information content (AvgIpc) is 2.75. The molecule has 0 saturated carbocycles. The fraction of sp³-hybridized carbons (Fsp3) is 0.588. The van der Waals surface area contributed by atoms with Crippen molar-refractivity contribution in [3.63, 3.8) is 0 Å². The van der Waals surface area contributed by atoms with Gasteiger partial charge in [-0.05, 0) is 19.5 Å². The summed E-state index contributed by atoms with van der Waals surface area (Å²) in [7, 11) is 1.98. The van der Waals surface area contributed by atoms with E-state index in [0.29, 0.717) is 13.2 Å². The summed E-state index contributed by atoms with van der Waals surface area (Å²) in [5.41, 5.74) is 1.12. The van der Waals surface area contributed by atoms with E-state index in [4.69, 9.17) is 4.74 Å². The molecule has 3 rings (SSSR count). The highest BCUT2D eigenvalue weighted by atomic mass is 16.5. The Kier molecular flexibility index (Phi) is 5.15. The second kappa shape index (κ2) is 7.29. The minimum Gasteiger partial charge on any atom is -0.492 e. The van der Waals surface area contributed by atoms with Crippen LogP contribution in [0.1, 0.15) is 12.0 Å². The SMILES string of the molecule is CN1C[C@H](NC(=O)CN2CCOc3ccccc3C2)C[C@H]1CO. The molecule has 126 valence electrons. The third kappa shape index (κ3) is 4.02. The minimum absolute atomic E-state index is 0.0429. The molecule has 2 atom stereocenters. The van der Waals surface area contributed by atoms with Gasteiger partial charge in [0.2, 0.25) is 5.91 Å². The van der Waals surface area contributed by atoms with Gasteiger partial charge in [-0.2, -0.15) is 0 Å². The summed E-state index contributed by atoms with van der Waals surface area (Å²) in [4.78, 5) is 16.5.